The largest absolute Gasteiger partial charge is 0.348 e. The van der Waals surface area contributed by atoms with Gasteiger partial charge in [0.25, 0.3) is 0 Å². The van der Waals surface area contributed by atoms with Crippen molar-refractivity contribution in [2.24, 2.45) is 28.9 Å². The SMILES string of the molecule is CC(n1cccc1CCN)C12CC3CC(CC(C3)C1)C2. The Morgan fingerprint density at radius 1 is 1.20 bits per heavy atom. The van der Waals surface area contributed by atoms with E-state index in [1.54, 1.807) is 0 Å². The second-order valence-electron chi connectivity index (χ2n) is 7.90. The van der Waals surface area contributed by atoms with E-state index in [2.05, 4.69) is 29.8 Å². The van der Waals surface area contributed by atoms with Gasteiger partial charge in [0.05, 0.1) is 0 Å². The number of rotatable bonds is 4. The third kappa shape index (κ3) is 1.88. The number of nitrogens with zero attached hydrogens (tertiary/aromatic N) is 1. The number of hydrogen-bond donors (Lipinski definition) is 1. The minimum absolute atomic E-state index is 0.594. The molecule has 2 N–H and O–H groups in total. The highest BCUT2D eigenvalue weighted by Crippen LogP contribution is 2.63. The average molecular weight is 272 g/mol. The summed E-state index contributed by atoms with van der Waals surface area (Å²) < 4.78 is 2.56. The van der Waals surface area contributed by atoms with Crippen molar-refractivity contribution in [3.05, 3.63) is 24.0 Å². The second kappa shape index (κ2) is 4.62. The maximum absolute atomic E-state index is 5.78. The van der Waals surface area contributed by atoms with Gasteiger partial charge in [-0.2, -0.15) is 0 Å². The molecule has 1 atom stereocenters. The minimum atomic E-state index is 0.594. The molecule has 0 aliphatic heterocycles. The monoisotopic (exact) mass is 272 g/mol. The molecule has 2 nitrogen and oxygen atoms in total. The third-order valence-electron chi connectivity index (χ3n) is 6.66. The van der Waals surface area contributed by atoms with Crippen LogP contribution in [0.5, 0.6) is 0 Å². The summed E-state index contributed by atoms with van der Waals surface area (Å²) in [5.41, 5.74) is 7.82. The zero-order chi connectivity index (χ0) is 13.7. The Kier molecular flexibility index (Phi) is 2.99. The lowest BCUT2D eigenvalue weighted by atomic mass is 9.48. The highest BCUT2D eigenvalue weighted by molar-refractivity contribution is 5.13. The van der Waals surface area contributed by atoms with E-state index in [0.29, 0.717) is 11.5 Å². The van der Waals surface area contributed by atoms with Crippen molar-refractivity contribution >= 4 is 0 Å². The van der Waals surface area contributed by atoms with Crippen LogP contribution >= 0.6 is 0 Å². The molecule has 4 aliphatic rings. The Hall–Kier alpha value is -0.760. The number of nitrogens with two attached hydrogens (primary N) is 1. The van der Waals surface area contributed by atoms with E-state index in [-0.39, 0.29) is 0 Å². The van der Waals surface area contributed by atoms with Gasteiger partial charge in [-0.15, -0.1) is 0 Å². The lowest BCUT2D eigenvalue weighted by Gasteiger charge is -2.59. The fourth-order valence-electron chi connectivity index (χ4n) is 6.15. The molecule has 1 aromatic rings. The van der Waals surface area contributed by atoms with Crippen LogP contribution in [-0.2, 0) is 6.42 Å². The van der Waals surface area contributed by atoms with Gasteiger partial charge in [-0.05, 0) is 93.7 Å². The molecule has 2 heteroatoms. The number of aromatic nitrogens is 1. The van der Waals surface area contributed by atoms with Crippen molar-refractivity contribution in [3.8, 4) is 0 Å². The Morgan fingerprint density at radius 2 is 1.80 bits per heavy atom. The van der Waals surface area contributed by atoms with Crippen LogP contribution in [0.4, 0.5) is 0 Å². The molecule has 4 saturated carbocycles. The summed E-state index contributed by atoms with van der Waals surface area (Å²) in [6, 6.07) is 5.14. The predicted molar refractivity (Wildman–Crippen MR) is 82.5 cm³/mol. The van der Waals surface area contributed by atoms with Gasteiger partial charge in [-0.25, -0.2) is 0 Å². The van der Waals surface area contributed by atoms with E-state index in [9.17, 15) is 0 Å². The molecule has 4 aliphatic carbocycles. The molecule has 0 spiro atoms. The highest BCUT2D eigenvalue weighted by Gasteiger charge is 2.53. The van der Waals surface area contributed by atoms with Crippen molar-refractivity contribution in [1.82, 2.24) is 4.57 Å². The van der Waals surface area contributed by atoms with E-state index in [1.165, 1.54) is 44.2 Å². The van der Waals surface area contributed by atoms with Crippen LogP contribution in [-0.4, -0.2) is 11.1 Å². The second-order valence-corrected chi connectivity index (χ2v) is 7.90. The van der Waals surface area contributed by atoms with Crippen molar-refractivity contribution in [1.29, 1.82) is 0 Å². The Morgan fingerprint density at radius 3 is 2.35 bits per heavy atom. The molecule has 110 valence electrons. The van der Waals surface area contributed by atoms with Crippen molar-refractivity contribution in [2.45, 2.75) is 57.9 Å². The zero-order valence-corrected chi connectivity index (χ0v) is 12.7. The highest BCUT2D eigenvalue weighted by atomic mass is 15.0. The third-order valence-corrected chi connectivity index (χ3v) is 6.66. The summed E-state index contributed by atoms with van der Waals surface area (Å²) in [5, 5.41) is 0. The Bertz CT molecular complexity index is 452. The molecule has 0 amide bonds. The van der Waals surface area contributed by atoms with Crippen LogP contribution in [0.15, 0.2) is 18.3 Å². The summed E-state index contributed by atoms with van der Waals surface area (Å²) in [7, 11) is 0. The van der Waals surface area contributed by atoms with Gasteiger partial charge >= 0.3 is 0 Å². The summed E-state index contributed by atoms with van der Waals surface area (Å²) in [4.78, 5) is 0. The van der Waals surface area contributed by atoms with Crippen LogP contribution in [0.1, 0.15) is 57.2 Å². The molecule has 5 rings (SSSR count). The van der Waals surface area contributed by atoms with Gasteiger partial charge in [0.1, 0.15) is 0 Å². The molecule has 1 unspecified atom stereocenters. The van der Waals surface area contributed by atoms with Gasteiger partial charge in [-0.3, -0.25) is 0 Å². The summed E-state index contributed by atoms with van der Waals surface area (Å²) >= 11 is 0. The fourth-order valence-corrected chi connectivity index (χ4v) is 6.15. The van der Waals surface area contributed by atoms with Crippen LogP contribution in [0, 0.1) is 23.2 Å². The van der Waals surface area contributed by atoms with Crippen molar-refractivity contribution in [2.75, 3.05) is 6.54 Å². The van der Waals surface area contributed by atoms with Crippen LogP contribution in [0.2, 0.25) is 0 Å². The molecule has 1 heterocycles. The van der Waals surface area contributed by atoms with Crippen LogP contribution in [0.25, 0.3) is 0 Å². The first-order valence-electron chi connectivity index (χ1n) is 8.56. The zero-order valence-electron chi connectivity index (χ0n) is 12.7. The van der Waals surface area contributed by atoms with Gasteiger partial charge in [-0.1, -0.05) is 0 Å². The van der Waals surface area contributed by atoms with Gasteiger partial charge < -0.3 is 10.3 Å². The van der Waals surface area contributed by atoms with E-state index in [0.717, 1.165) is 30.7 Å². The van der Waals surface area contributed by atoms with E-state index in [4.69, 9.17) is 5.73 Å². The molecule has 4 bridgehead atoms. The Labute approximate surface area is 122 Å². The van der Waals surface area contributed by atoms with E-state index < -0.39 is 0 Å². The van der Waals surface area contributed by atoms with Gasteiger partial charge in [0, 0.05) is 17.9 Å². The summed E-state index contributed by atoms with van der Waals surface area (Å²) in [6.45, 7) is 3.24. The summed E-state index contributed by atoms with van der Waals surface area (Å²) in [5.74, 6) is 3.12. The first kappa shape index (κ1) is 12.9. The quantitative estimate of drug-likeness (QED) is 0.888. The molecular weight excluding hydrogens is 244 g/mol. The maximum Gasteiger partial charge on any atom is 0.0361 e. The summed E-state index contributed by atoms with van der Waals surface area (Å²) in [6.07, 6.45) is 12.4. The van der Waals surface area contributed by atoms with Gasteiger partial charge in [0.2, 0.25) is 0 Å². The molecule has 0 saturated heterocycles. The minimum Gasteiger partial charge on any atom is -0.348 e. The normalized spacial score (nSPS) is 40.2. The predicted octanol–water partition coefficient (Wildman–Crippen LogP) is 3.77. The number of hydrogen-bond acceptors (Lipinski definition) is 1. The topological polar surface area (TPSA) is 30.9 Å². The molecule has 1 aromatic heterocycles. The lowest BCUT2D eigenvalue weighted by Crippen LogP contribution is -2.49. The lowest BCUT2D eigenvalue weighted by molar-refractivity contribution is -0.0791. The molecular formula is C18H28N2. The molecule has 0 aromatic carbocycles. The first-order valence-corrected chi connectivity index (χ1v) is 8.56. The molecule has 4 fully saturated rings. The van der Waals surface area contributed by atoms with Crippen LogP contribution in [0.3, 0.4) is 0 Å². The van der Waals surface area contributed by atoms with Gasteiger partial charge in [0.15, 0.2) is 0 Å². The van der Waals surface area contributed by atoms with Crippen molar-refractivity contribution in [3.63, 3.8) is 0 Å². The Balaban J connectivity index is 1.64. The molecule has 20 heavy (non-hydrogen) atoms. The average Bonchev–Trinajstić information content (AvgIpc) is 2.85. The standard InChI is InChI=1S/C18H28N2/c1-13(20-6-2-3-17(20)4-5-19)18-10-14-7-15(11-18)9-16(8-14)12-18/h2-3,6,13-16H,4-5,7-12,19H2,1H3. The van der Waals surface area contributed by atoms with Crippen LogP contribution < -0.4 is 5.73 Å². The fraction of sp³-hybridized carbons (Fsp3) is 0.778. The van der Waals surface area contributed by atoms with E-state index in [1.807, 2.05) is 0 Å². The first-order chi connectivity index (χ1) is 9.70. The smallest absolute Gasteiger partial charge is 0.0361 e. The van der Waals surface area contributed by atoms with Crippen molar-refractivity contribution < 1.29 is 0 Å². The maximum atomic E-state index is 5.78. The van der Waals surface area contributed by atoms with E-state index >= 15 is 0 Å². The molecule has 0 radical (unpaired) electrons.